The maximum absolute atomic E-state index is 12.4. The van der Waals surface area contributed by atoms with Crippen molar-refractivity contribution in [1.29, 1.82) is 0 Å². The third-order valence-corrected chi connectivity index (χ3v) is 6.35. The van der Waals surface area contributed by atoms with Crippen LogP contribution in [0.5, 0.6) is 0 Å². The first kappa shape index (κ1) is 20.8. The van der Waals surface area contributed by atoms with Crippen LogP contribution >= 0.6 is 0 Å². The zero-order valence-corrected chi connectivity index (χ0v) is 16.8. The summed E-state index contributed by atoms with van der Waals surface area (Å²) in [5.41, 5.74) is 0. The summed E-state index contributed by atoms with van der Waals surface area (Å²) in [6.07, 6.45) is 9.08. The zero-order chi connectivity index (χ0) is 20.1. The molecule has 1 heterocycles. The van der Waals surface area contributed by atoms with E-state index in [1.165, 1.54) is 17.7 Å². The third kappa shape index (κ3) is 4.92. The van der Waals surface area contributed by atoms with E-state index in [4.69, 9.17) is 4.74 Å². The van der Waals surface area contributed by atoms with Gasteiger partial charge in [-0.3, -0.25) is 24.1 Å². The van der Waals surface area contributed by atoms with Gasteiger partial charge in [-0.2, -0.15) is 0 Å². The molecule has 28 heavy (non-hydrogen) atoms. The van der Waals surface area contributed by atoms with Crippen LogP contribution < -0.4 is 5.32 Å². The van der Waals surface area contributed by atoms with E-state index >= 15 is 0 Å². The maximum Gasteiger partial charge on any atom is 0.308 e. The molecule has 0 unspecified atom stereocenters. The Morgan fingerprint density at radius 1 is 0.964 bits per heavy atom. The third-order valence-electron chi connectivity index (χ3n) is 6.35. The van der Waals surface area contributed by atoms with E-state index in [0.717, 1.165) is 51.4 Å². The number of imide groups is 1. The molecule has 0 aromatic heterocycles. The quantitative estimate of drug-likeness (QED) is 0.425. The lowest BCUT2D eigenvalue weighted by Gasteiger charge is -2.20. The monoisotopic (exact) mass is 392 g/mol. The molecule has 7 heteroatoms. The number of carbonyl (C=O) groups excluding carboxylic acids is 4. The minimum atomic E-state index is -0.872. The number of hydrogen-bond acceptors (Lipinski definition) is 5. The summed E-state index contributed by atoms with van der Waals surface area (Å²) in [7, 11) is 0. The van der Waals surface area contributed by atoms with Crippen molar-refractivity contribution in [2.24, 2.45) is 11.8 Å². The summed E-state index contributed by atoms with van der Waals surface area (Å²) in [6, 6.07) is 0.152. The fourth-order valence-electron chi connectivity index (χ4n) is 4.71. The molecule has 156 valence electrons. The Hall–Kier alpha value is -1.92. The number of likely N-dealkylation sites (tertiary alicyclic amines) is 1. The van der Waals surface area contributed by atoms with Gasteiger partial charge in [0.25, 0.3) is 5.91 Å². The Kier molecular flexibility index (Phi) is 7.08. The largest absolute Gasteiger partial charge is 0.452 e. The first-order valence-corrected chi connectivity index (χ1v) is 10.8. The molecule has 3 amide bonds. The molecule has 0 bridgehead atoms. The summed E-state index contributed by atoms with van der Waals surface area (Å²) in [6.45, 7) is 1.60. The van der Waals surface area contributed by atoms with Gasteiger partial charge in [0.2, 0.25) is 11.8 Å². The molecule has 0 aromatic rings. The molecule has 7 nitrogen and oxygen atoms in total. The van der Waals surface area contributed by atoms with E-state index in [2.05, 4.69) is 5.32 Å². The van der Waals surface area contributed by atoms with E-state index < -0.39 is 12.1 Å². The van der Waals surface area contributed by atoms with E-state index in [9.17, 15) is 19.2 Å². The van der Waals surface area contributed by atoms with Crippen LogP contribution in [0.1, 0.15) is 77.6 Å². The number of amides is 3. The minimum Gasteiger partial charge on any atom is -0.452 e. The molecule has 3 aliphatic rings. The van der Waals surface area contributed by atoms with Crippen molar-refractivity contribution in [3.63, 3.8) is 0 Å². The number of hydrogen-bond donors (Lipinski definition) is 1. The Morgan fingerprint density at radius 2 is 1.50 bits per heavy atom. The summed E-state index contributed by atoms with van der Waals surface area (Å²) in [5, 5.41) is 2.97. The van der Waals surface area contributed by atoms with Gasteiger partial charge in [0, 0.05) is 12.6 Å². The lowest BCUT2D eigenvalue weighted by atomic mass is 9.81. The molecular weight excluding hydrogens is 360 g/mol. The highest BCUT2D eigenvalue weighted by molar-refractivity contribution is 6.05. The molecule has 1 saturated heterocycles. The van der Waals surface area contributed by atoms with Crippen LogP contribution in [0.2, 0.25) is 0 Å². The summed E-state index contributed by atoms with van der Waals surface area (Å²) in [4.78, 5) is 50.5. The van der Waals surface area contributed by atoms with Gasteiger partial charge in [0.1, 0.15) is 0 Å². The Bertz CT molecular complexity index is 588. The van der Waals surface area contributed by atoms with Crippen LogP contribution in [0.3, 0.4) is 0 Å². The van der Waals surface area contributed by atoms with Crippen LogP contribution in [0, 0.1) is 11.8 Å². The van der Waals surface area contributed by atoms with Crippen LogP contribution in [0.15, 0.2) is 0 Å². The average molecular weight is 392 g/mol. The average Bonchev–Trinajstić information content (AvgIpc) is 2.85. The molecule has 0 aromatic carbocycles. The van der Waals surface area contributed by atoms with Crippen LogP contribution in [0.4, 0.5) is 0 Å². The van der Waals surface area contributed by atoms with Crippen molar-refractivity contribution in [3.8, 4) is 0 Å². The second-order valence-corrected chi connectivity index (χ2v) is 8.40. The number of fused-ring (bicyclic) bond motifs is 1. The van der Waals surface area contributed by atoms with E-state index in [-0.39, 0.29) is 48.6 Å². The van der Waals surface area contributed by atoms with Crippen molar-refractivity contribution in [2.45, 2.75) is 89.7 Å². The van der Waals surface area contributed by atoms with Gasteiger partial charge in [0.15, 0.2) is 6.10 Å². The summed E-state index contributed by atoms with van der Waals surface area (Å²) < 4.78 is 5.23. The molecule has 1 aliphatic heterocycles. The molecule has 3 rings (SSSR count). The zero-order valence-electron chi connectivity index (χ0n) is 16.8. The fraction of sp³-hybridized carbons (Fsp3) is 0.810. The number of esters is 1. The fourth-order valence-corrected chi connectivity index (χ4v) is 4.71. The molecule has 2 saturated carbocycles. The number of rotatable bonds is 6. The van der Waals surface area contributed by atoms with E-state index in [1.54, 1.807) is 6.92 Å². The highest BCUT2D eigenvalue weighted by Crippen LogP contribution is 2.37. The first-order valence-electron chi connectivity index (χ1n) is 10.8. The number of nitrogens with zero attached hydrogens (tertiary/aromatic N) is 1. The van der Waals surface area contributed by atoms with Crippen molar-refractivity contribution < 1.29 is 23.9 Å². The predicted octanol–water partition coefficient (Wildman–Crippen LogP) is 2.32. The Morgan fingerprint density at radius 3 is 2.07 bits per heavy atom. The van der Waals surface area contributed by atoms with Crippen molar-refractivity contribution in [3.05, 3.63) is 0 Å². The molecule has 3 atom stereocenters. The SMILES string of the molecule is C[C@H](OC(=O)CCN1C(=O)[C@H]2CCCC[C@@H]2C1=O)C(=O)NC1CCCCCC1. The molecule has 1 N–H and O–H groups in total. The van der Waals surface area contributed by atoms with Crippen LogP contribution in [-0.4, -0.2) is 47.3 Å². The summed E-state index contributed by atoms with van der Waals surface area (Å²) in [5.74, 6) is -1.55. The van der Waals surface area contributed by atoms with E-state index in [0.29, 0.717) is 0 Å². The molecule has 3 fully saturated rings. The summed E-state index contributed by atoms with van der Waals surface area (Å²) >= 11 is 0. The highest BCUT2D eigenvalue weighted by atomic mass is 16.5. The second kappa shape index (κ2) is 9.52. The van der Waals surface area contributed by atoms with Gasteiger partial charge in [-0.15, -0.1) is 0 Å². The van der Waals surface area contributed by atoms with E-state index in [1.807, 2.05) is 0 Å². The molecule has 0 radical (unpaired) electrons. The second-order valence-electron chi connectivity index (χ2n) is 8.40. The van der Waals surface area contributed by atoms with Crippen molar-refractivity contribution in [1.82, 2.24) is 10.2 Å². The molecule has 2 aliphatic carbocycles. The topological polar surface area (TPSA) is 92.8 Å². The molecule has 0 spiro atoms. The lowest BCUT2D eigenvalue weighted by molar-refractivity contribution is -0.156. The molecular formula is C21H32N2O5. The van der Waals surface area contributed by atoms with Crippen molar-refractivity contribution in [2.75, 3.05) is 6.54 Å². The van der Waals surface area contributed by atoms with Crippen LogP contribution in [0.25, 0.3) is 0 Å². The van der Waals surface area contributed by atoms with Gasteiger partial charge >= 0.3 is 5.97 Å². The Labute approximate surface area is 166 Å². The Balaban J connectivity index is 1.42. The van der Waals surface area contributed by atoms with Gasteiger partial charge in [-0.05, 0) is 32.6 Å². The van der Waals surface area contributed by atoms with Crippen molar-refractivity contribution >= 4 is 23.7 Å². The predicted molar refractivity (Wildman–Crippen MR) is 102 cm³/mol. The first-order chi connectivity index (χ1) is 13.5. The smallest absolute Gasteiger partial charge is 0.308 e. The number of ether oxygens (including phenoxy) is 1. The minimum absolute atomic E-state index is 0.0421. The van der Waals surface area contributed by atoms with Gasteiger partial charge in [0.05, 0.1) is 18.3 Å². The van der Waals surface area contributed by atoms with Gasteiger partial charge in [-0.25, -0.2) is 0 Å². The lowest BCUT2D eigenvalue weighted by Crippen LogP contribution is -2.42. The normalized spacial score (nSPS) is 27.1. The number of nitrogens with one attached hydrogen (secondary N) is 1. The number of carbonyl (C=O) groups is 4. The maximum atomic E-state index is 12.4. The van der Waals surface area contributed by atoms with Crippen LogP contribution in [-0.2, 0) is 23.9 Å². The van der Waals surface area contributed by atoms with Gasteiger partial charge in [-0.1, -0.05) is 38.5 Å². The standard InChI is InChI=1S/C21H32N2O5/c1-14(19(25)22-15-8-4-2-3-5-9-15)28-18(24)12-13-23-20(26)16-10-6-7-11-17(16)21(23)27/h14-17H,2-13H2,1H3,(H,22,25)/t14-,16-,17-/m0/s1. The van der Waals surface area contributed by atoms with Gasteiger partial charge < -0.3 is 10.1 Å². The highest BCUT2D eigenvalue weighted by Gasteiger charge is 2.47.